The lowest BCUT2D eigenvalue weighted by molar-refractivity contribution is 0.102. The van der Waals surface area contributed by atoms with Crippen LogP contribution in [-0.2, 0) is 11.8 Å². The van der Waals surface area contributed by atoms with Crippen molar-refractivity contribution in [3.8, 4) is 6.07 Å². The molecule has 0 saturated carbocycles. The van der Waals surface area contributed by atoms with Gasteiger partial charge in [0, 0.05) is 16.1 Å². The van der Waals surface area contributed by atoms with Gasteiger partial charge in [0.15, 0.2) is 0 Å². The van der Waals surface area contributed by atoms with E-state index in [1.54, 1.807) is 12.1 Å². The fourth-order valence-electron chi connectivity index (χ4n) is 3.28. The monoisotopic (exact) mass is 459 g/mol. The van der Waals surface area contributed by atoms with Gasteiger partial charge in [-0.3, -0.25) is 9.93 Å². The number of nitrogens with one attached hydrogen (secondary N) is 1. The van der Waals surface area contributed by atoms with E-state index in [9.17, 15) is 4.79 Å². The Bertz CT molecular complexity index is 1170. The summed E-state index contributed by atoms with van der Waals surface area (Å²) in [6.07, 6.45) is 0.601. The Morgan fingerprint density at radius 2 is 1.73 bits per heavy atom. The molecule has 1 atom stereocenters. The third-order valence-corrected chi connectivity index (χ3v) is 5.95. The largest absolute Gasteiger partial charge is 0.322 e. The summed E-state index contributed by atoms with van der Waals surface area (Å²) < 4.78 is 0. The molecule has 0 aliphatic heterocycles. The van der Waals surface area contributed by atoms with Crippen molar-refractivity contribution < 1.29 is 4.79 Å². The van der Waals surface area contributed by atoms with E-state index in [1.807, 2.05) is 62.4 Å². The highest BCUT2D eigenvalue weighted by molar-refractivity contribution is 8.12. The molecule has 1 amide bonds. The third-order valence-electron chi connectivity index (χ3n) is 5.09. The second-order valence-corrected chi connectivity index (χ2v) is 9.85. The Morgan fingerprint density at radius 3 is 2.30 bits per heavy atom. The zero-order valence-corrected chi connectivity index (χ0v) is 20.9. The van der Waals surface area contributed by atoms with Gasteiger partial charge >= 0.3 is 0 Å². The van der Waals surface area contributed by atoms with Crippen molar-refractivity contribution in [3.63, 3.8) is 0 Å². The normalized spacial score (nSPS) is 11.5. The number of carbonyl (C=O) groups excluding carboxylic acids is 1. The molecule has 3 aromatic rings. The lowest BCUT2D eigenvalue weighted by Crippen LogP contribution is -2.17. The molecule has 0 radical (unpaired) electrons. The first-order valence-electron chi connectivity index (χ1n) is 11.0. The molecular weight excluding hydrogens is 426 g/mol. The van der Waals surface area contributed by atoms with Gasteiger partial charge in [-0.2, -0.15) is 5.26 Å². The molecule has 0 heterocycles. The lowest BCUT2D eigenvalue weighted by atomic mass is 9.84. The van der Waals surface area contributed by atoms with Crippen molar-refractivity contribution in [2.45, 2.75) is 51.3 Å². The fourth-order valence-corrected chi connectivity index (χ4v) is 3.81. The van der Waals surface area contributed by atoms with E-state index in [0.29, 0.717) is 23.2 Å². The molecular formula is C28H33N3OS. The van der Waals surface area contributed by atoms with E-state index in [4.69, 9.17) is 10.4 Å². The van der Waals surface area contributed by atoms with Crippen LogP contribution >= 0.6 is 10.7 Å². The number of hydrogen-bond donors (Lipinski definition) is 2. The number of rotatable bonds is 5. The van der Waals surface area contributed by atoms with Gasteiger partial charge in [0.1, 0.15) is 0 Å². The van der Waals surface area contributed by atoms with Crippen LogP contribution in [0.2, 0.25) is 0 Å². The Morgan fingerprint density at radius 1 is 1.06 bits per heavy atom. The summed E-state index contributed by atoms with van der Waals surface area (Å²) in [7, 11) is -0.620. The Hall–Kier alpha value is -3.20. The fraction of sp³-hybridized carbons (Fsp3) is 0.250. The molecule has 5 heteroatoms. The molecule has 0 aromatic heterocycles. The molecule has 0 aliphatic rings. The summed E-state index contributed by atoms with van der Waals surface area (Å²) in [5.74, 6) is 3.70. The van der Waals surface area contributed by atoms with Crippen LogP contribution in [0.15, 0.2) is 71.6 Å². The van der Waals surface area contributed by atoms with E-state index < -0.39 is 10.7 Å². The van der Waals surface area contributed by atoms with Crippen molar-refractivity contribution in [1.29, 1.82) is 5.26 Å². The first-order chi connectivity index (χ1) is 15.7. The number of nitrogens with two attached hydrogens (primary N) is 1. The number of nitriles is 1. The number of benzene rings is 3. The highest BCUT2D eigenvalue weighted by Crippen LogP contribution is 2.27. The van der Waals surface area contributed by atoms with Crippen LogP contribution < -0.4 is 10.5 Å². The minimum Gasteiger partial charge on any atom is -0.322 e. The van der Waals surface area contributed by atoms with Crippen molar-refractivity contribution >= 4 is 28.1 Å². The highest BCUT2D eigenvalue weighted by atomic mass is 32.2. The highest BCUT2D eigenvalue weighted by Gasteiger charge is 2.19. The molecule has 0 aliphatic carbocycles. The summed E-state index contributed by atoms with van der Waals surface area (Å²) in [6, 6.07) is 23.1. The van der Waals surface area contributed by atoms with Gasteiger partial charge in [-0.25, -0.2) is 0 Å². The van der Waals surface area contributed by atoms with Crippen LogP contribution in [0.1, 0.15) is 67.2 Å². The number of anilines is 1. The van der Waals surface area contributed by atoms with Crippen LogP contribution in [0.25, 0.3) is 0 Å². The van der Waals surface area contributed by atoms with Crippen LogP contribution in [0.4, 0.5) is 5.69 Å². The number of hydrogen-bond acceptors (Lipinski definition) is 3. The minimum atomic E-state index is -0.620. The molecule has 4 nitrogen and oxygen atoms in total. The van der Waals surface area contributed by atoms with Gasteiger partial charge in [-0.1, -0.05) is 81.5 Å². The van der Waals surface area contributed by atoms with E-state index in [1.165, 1.54) is 5.56 Å². The van der Waals surface area contributed by atoms with E-state index in [2.05, 4.69) is 44.1 Å². The molecule has 1 unspecified atom stereocenters. The molecule has 0 spiro atoms. The molecule has 0 fully saturated rings. The van der Waals surface area contributed by atoms with Crippen molar-refractivity contribution in [2.75, 3.05) is 5.32 Å². The minimum absolute atomic E-state index is 0.0338. The second-order valence-electron chi connectivity index (χ2n) is 8.52. The van der Waals surface area contributed by atoms with E-state index in [0.717, 1.165) is 16.0 Å². The maximum absolute atomic E-state index is 13.2. The van der Waals surface area contributed by atoms with Crippen LogP contribution in [0.3, 0.4) is 0 Å². The van der Waals surface area contributed by atoms with Gasteiger partial charge < -0.3 is 5.32 Å². The number of nitrogens with zero attached hydrogens (tertiary/aromatic N) is 1. The molecule has 3 N–H and O–H groups in total. The Balaban J connectivity index is 0.00000187. The smallest absolute Gasteiger partial charge is 0.255 e. The standard InChI is InChI=1S/C26H27N3OS.C2H6/c1-26(2,3)21-12-13-24(20(15-21)14-18-8-10-19(17-27)11-9-18)25(30)29-22-6-5-7-23(16-22)31(4)28;1-2/h5-13,15-16H,4,14,28H2,1-3H3,(H,29,30);1-2H3. The first kappa shape index (κ1) is 26.1. The summed E-state index contributed by atoms with van der Waals surface area (Å²) in [6.45, 7) is 10.5. The SMILES string of the molecule is C=S(N)c1cccc(NC(=O)c2ccc(C(C)(C)C)cc2Cc2ccc(C#N)cc2)c1.CC. The van der Waals surface area contributed by atoms with Crippen LogP contribution in [-0.4, -0.2) is 11.8 Å². The molecule has 3 aromatic carbocycles. The maximum Gasteiger partial charge on any atom is 0.255 e. The van der Waals surface area contributed by atoms with Crippen molar-refractivity contribution in [2.24, 2.45) is 5.14 Å². The summed E-state index contributed by atoms with van der Waals surface area (Å²) >= 11 is 0. The molecule has 0 bridgehead atoms. The van der Waals surface area contributed by atoms with Crippen molar-refractivity contribution in [3.05, 3.63) is 94.5 Å². The van der Waals surface area contributed by atoms with Gasteiger partial charge in [0.2, 0.25) is 0 Å². The van der Waals surface area contributed by atoms with Crippen LogP contribution in [0.5, 0.6) is 0 Å². The predicted molar refractivity (Wildman–Crippen MR) is 142 cm³/mol. The lowest BCUT2D eigenvalue weighted by Gasteiger charge is -2.21. The van der Waals surface area contributed by atoms with Gasteiger partial charge in [-0.15, -0.1) is 0 Å². The zero-order valence-electron chi connectivity index (χ0n) is 20.1. The van der Waals surface area contributed by atoms with Gasteiger partial charge in [0.25, 0.3) is 5.91 Å². The topological polar surface area (TPSA) is 78.9 Å². The summed E-state index contributed by atoms with van der Waals surface area (Å²) in [5, 5.41) is 17.9. The van der Waals surface area contributed by atoms with Crippen molar-refractivity contribution in [1.82, 2.24) is 0 Å². The van der Waals surface area contributed by atoms with E-state index >= 15 is 0 Å². The quantitative estimate of drug-likeness (QED) is 0.419. The average Bonchev–Trinajstić information content (AvgIpc) is 2.80. The first-order valence-corrected chi connectivity index (χ1v) is 12.5. The third kappa shape index (κ3) is 7.15. The molecule has 0 saturated heterocycles. The van der Waals surface area contributed by atoms with E-state index in [-0.39, 0.29) is 11.3 Å². The predicted octanol–water partition coefficient (Wildman–Crippen LogP) is 6.66. The zero-order chi connectivity index (χ0) is 24.6. The summed E-state index contributed by atoms with van der Waals surface area (Å²) in [5.41, 5.74) is 5.07. The number of carbonyl (C=O) groups is 1. The van der Waals surface area contributed by atoms with Gasteiger partial charge in [-0.05, 0) is 64.9 Å². The molecule has 3 rings (SSSR count). The molecule has 33 heavy (non-hydrogen) atoms. The number of amides is 1. The Kier molecular flexibility index (Phi) is 9.16. The molecule has 172 valence electrons. The summed E-state index contributed by atoms with van der Waals surface area (Å²) in [4.78, 5) is 14.1. The van der Waals surface area contributed by atoms with Crippen LogP contribution in [0, 0.1) is 11.3 Å². The maximum atomic E-state index is 13.2. The second kappa shape index (κ2) is 11.6. The van der Waals surface area contributed by atoms with Gasteiger partial charge in [0.05, 0.1) is 11.6 Å². The average molecular weight is 460 g/mol. The Labute approximate surface area is 200 Å².